The van der Waals surface area contributed by atoms with E-state index in [1.54, 1.807) is 12.1 Å². The number of anilines is 1. The molecular weight excluding hydrogens is 343 g/mol. The molecule has 0 radical (unpaired) electrons. The maximum Gasteiger partial charge on any atom is 0.260 e. The van der Waals surface area contributed by atoms with E-state index >= 15 is 0 Å². The molecule has 2 aliphatic rings. The zero-order valence-electron chi connectivity index (χ0n) is 15.5. The van der Waals surface area contributed by atoms with E-state index < -0.39 is 0 Å². The lowest BCUT2D eigenvalue weighted by molar-refractivity contribution is -0.133. The van der Waals surface area contributed by atoms with Crippen LogP contribution in [0.2, 0.25) is 0 Å². The van der Waals surface area contributed by atoms with Gasteiger partial charge in [0.25, 0.3) is 5.91 Å². The molecule has 1 fully saturated rings. The first kappa shape index (κ1) is 17.8. The van der Waals surface area contributed by atoms with Crippen LogP contribution < -0.4 is 9.64 Å². The van der Waals surface area contributed by atoms with Gasteiger partial charge in [0.05, 0.1) is 0 Å². The molecule has 1 heterocycles. The van der Waals surface area contributed by atoms with Crippen molar-refractivity contribution in [3.63, 3.8) is 0 Å². The molecule has 0 saturated carbocycles. The molecule has 0 unspecified atom stereocenters. The third-order valence-corrected chi connectivity index (χ3v) is 5.53. The molecular formula is C22H25FN2O2. The number of ether oxygens (including phenoxy) is 1. The minimum atomic E-state index is -0.229. The van der Waals surface area contributed by atoms with E-state index in [1.807, 2.05) is 17.0 Å². The summed E-state index contributed by atoms with van der Waals surface area (Å²) >= 11 is 0. The first-order valence-electron chi connectivity index (χ1n) is 9.72. The summed E-state index contributed by atoms with van der Waals surface area (Å²) in [5.41, 5.74) is 3.63. The zero-order valence-corrected chi connectivity index (χ0v) is 15.5. The van der Waals surface area contributed by atoms with Gasteiger partial charge in [-0.25, -0.2) is 4.39 Å². The summed E-state index contributed by atoms with van der Waals surface area (Å²) in [6.45, 7) is 2.90. The van der Waals surface area contributed by atoms with E-state index in [0.717, 1.165) is 37.4 Å². The average Bonchev–Trinajstić information content (AvgIpc) is 2.72. The van der Waals surface area contributed by atoms with Crippen molar-refractivity contribution in [2.24, 2.45) is 0 Å². The van der Waals surface area contributed by atoms with Crippen molar-refractivity contribution >= 4 is 11.6 Å². The molecule has 1 saturated heterocycles. The van der Waals surface area contributed by atoms with Gasteiger partial charge in [-0.3, -0.25) is 4.79 Å². The molecule has 2 aromatic rings. The SMILES string of the molecule is O=C(COc1cccc2c1CCCC2)N1CCN(c2ccc(F)cc2)CC1. The van der Waals surface area contributed by atoms with E-state index in [4.69, 9.17) is 4.74 Å². The summed E-state index contributed by atoms with van der Waals surface area (Å²) in [4.78, 5) is 16.6. The molecule has 5 heteroatoms. The van der Waals surface area contributed by atoms with Gasteiger partial charge in [0.2, 0.25) is 0 Å². The van der Waals surface area contributed by atoms with Crippen LogP contribution in [0.5, 0.6) is 5.75 Å². The third-order valence-electron chi connectivity index (χ3n) is 5.53. The number of halogens is 1. The lowest BCUT2D eigenvalue weighted by Gasteiger charge is -2.36. The summed E-state index contributed by atoms with van der Waals surface area (Å²) in [7, 11) is 0. The van der Waals surface area contributed by atoms with Crippen LogP contribution in [-0.4, -0.2) is 43.6 Å². The lowest BCUT2D eigenvalue weighted by atomic mass is 9.91. The highest BCUT2D eigenvalue weighted by molar-refractivity contribution is 5.78. The van der Waals surface area contributed by atoms with Crippen LogP contribution in [0.3, 0.4) is 0 Å². The second kappa shape index (κ2) is 7.99. The van der Waals surface area contributed by atoms with E-state index in [9.17, 15) is 9.18 Å². The first-order valence-corrected chi connectivity index (χ1v) is 9.72. The molecule has 0 N–H and O–H groups in total. The Morgan fingerprint density at radius 1 is 0.963 bits per heavy atom. The topological polar surface area (TPSA) is 32.8 Å². The number of carbonyl (C=O) groups is 1. The van der Waals surface area contributed by atoms with Crippen LogP contribution >= 0.6 is 0 Å². The Hall–Kier alpha value is -2.56. The second-order valence-electron chi connectivity index (χ2n) is 7.23. The summed E-state index contributed by atoms with van der Waals surface area (Å²) < 4.78 is 19.0. The van der Waals surface area contributed by atoms with Crippen molar-refractivity contribution in [2.45, 2.75) is 25.7 Å². The summed E-state index contributed by atoms with van der Waals surface area (Å²) in [6, 6.07) is 12.7. The van der Waals surface area contributed by atoms with Crippen LogP contribution in [0.4, 0.5) is 10.1 Å². The van der Waals surface area contributed by atoms with Crippen molar-refractivity contribution in [3.05, 3.63) is 59.4 Å². The molecule has 0 spiro atoms. The second-order valence-corrected chi connectivity index (χ2v) is 7.23. The van der Waals surface area contributed by atoms with Gasteiger partial charge in [-0.2, -0.15) is 0 Å². The quantitative estimate of drug-likeness (QED) is 0.829. The zero-order chi connectivity index (χ0) is 18.6. The number of aryl methyl sites for hydroxylation is 1. The van der Waals surface area contributed by atoms with Crippen LogP contribution in [-0.2, 0) is 17.6 Å². The van der Waals surface area contributed by atoms with Gasteiger partial charge >= 0.3 is 0 Å². The predicted octanol–water partition coefficient (Wildman–Crippen LogP) is 3.43. The van der Waals surface area contributed by atoms with E-state index in [2.05, 4.69) is 11.0 Å². The van der Waals surface area contributed by atoms with Crippen LogP contribution in [0, 0.1) is 5.82 Å². The number of amides is 1. The minimum absolute atomic E-state index is 0.0298. The van der Waals surface area contributed by atoms with Gasteiger partial charge in [0.15, 0.2) is 6.61 Å². The molecule has 0 atom stereocenters. The van der Waals surface area contributed by atoms with Crippen molar-refractivity contribution in [1.29, 1.82) is 0 Å². The monoisotopic (exact) mass is 368 g/mol. The van der Waals surface area contributed by atoms with Crippen molar-refractivity contribution in [1.82, 2.24) is 4.90 Å². The maximum absolute atomic E-state index is 13.1. The molecule has 2 aromatic carbocycles. The Morgan fingerprint density at radius 2 is 1.70 bits per heavy atom. The fourth-order valence-electron chi connectivity index (χ4n) is 3.98. The van der Waals surface area contributed by atoms with Crippen molar-refractivity contribution in [3.8, 4) is 5.75 Å². The number of hydrogen-bond donors (Lipinski definition) is 0. The number of fused-ring (bicyclic) bond motifs is 1. The number of piperazine rings is 1. The van der Waals surface area contributed by atoms with Crippen LogP contribution in [0.15, 0.2) is 42.5 Å². The number of benzene rings is 2. The Bertz CT molecular complexity index is 798. The number of rotatable bonds is 4. The highest BCUT2D eigenvalue weighted by atomic mass is 19.1. The Kier molecular flexibility index (Phi) is 5.28. The molecule has 4 rings (SSSR count). The first-order chi connectivity index (χ1) is 13.2. The Morgan fingerprint density at radius 3 is 2.48 bits per heavy atom. The van der Waals surface area contributed by atoms with Gasteiger partial charge in [0, 0.05) is 31.9 Å². The molecule has 4 nitrogen and oxygen atoms in total. The maximum atomic E-state index is 13.1. The fraction of sp³-hybridized carbons (Fsp3) is 0.409. The van der Waals surface area contributed by atoms with Gasteiger partial charge in [-0.15, -0.1) is 0 Å². The predicted molar refractivity (Wildman–Crippen MR) is 104 cm³/mol. The Balaban J connectivity index is 1.31. The van der Waals surface area contributed by atoms with Crippen molar-refractivity contribution in [2.75, 3.05) is 37.7 Å². The van der Waals surface area contributed by atoms with Gasteiger partial charge < -0.3 is 14.5 Å². The van der Waals surface area contributed by atoms with Crippen LogP contribution in [0.1, 0.15) is 24.0 Å². The summed E-state index contributed by atoms with van der Waals surface area (Å²) in [5.74, 6) is 0.667. The van der Waals surface area contributed by atoms with Crippen molar-refractivity contribution < 1.29 is 13.9 Å². The molecule has 142 valence electrons. The van der Waals surface area contributed by atoms with Gasteiger partial charge in [0.1, 0.15) is 11.6 Å². The highest BCUT2D eigenvalue weighted by Gasteiger charge is 2.22. The minimum Gasteiger partial charge on any atom is -0.483 e. The number of hydrogen-bond acceptors (Lipinski definition) is 3. The molecule has 0 aromatic heterocycles. The van der Waals surface area contributed by atoms with Gasteiger partial charge in [-0.1, -0.05) is 12.1 Å². The largest absolute Gasteiger partial charge is 0.483 e. The summed E-state index contributed by atoms with van der Waals surface area (Å²) in [6.07, 6.45) is 4.56. The van der Waals surface area contributed by atoms with Crippen LogP contribution in [0.25, 0.3) is 0 Å². The lowest BCUT2D eigenvalue weighted by Crippen LogP contribution is -2.50. The number of carbonyl (C=O) groups excluding carboxylic acids is 1. The average molecular weight is 368 g/mol. The molecule has 1 amide bonds. The normalized spacial score (nSPS) is 16.8. The molecule has 1 aliphatic heterocycles. The molecule has 27 heavy (non-hydrogen) atoms. The number of nitrogens with zero attached hydrogens (tertiary/aromatic N) is 2. The molecule has 0 bridgehead atoms. The smallest absolute Gasteiger partial charge is 0.260 e. The Labute approximate surface area is 159 Å². The fourth-order valence-corrected chi connectivity index (χ4v) is 3.98. The van der Waals surface area contributed by atoms with E-state index in [-0.39, 0.29) is 18.3 Å². The highest BCUT2D eigenvalue weighted by Crippen LogP contribution is 2.29. The third kappa shape index (κ3) is 4.07. The summed E-state index contributed by atoms with van der Waals surface area (Å²) in [5, 5.41) is 0. The van der Waals surface area contributed by atoms with E-state index in [0.29, 0.717) is 13.1 Å². The van der Waals surface area contributed by atoms with Gasteiger partial charge in [-0.05, 0) is 67.1 Å². The molecule has 1 aliphatic carbocycles. The standard InChI is InChI=1S/C22H25FN2O2/c23-18-8-10-19(11-9-18)24-12-14-25(15-13-24)22(26)16-27-21-7-3-5-17-4-1-2-6-20(17)21/h3,5,7-11H,1-2,4,6,12-16H2. The van der Waals surface area contributed by atoms with E-state index in [1.165, 1.54) is 36.1 Å².